The van der Waals surface area contributed by atoms with Crippen LogP contribution in [0, 0.1) is 11.8 Å². The molecule has 0 amide bonds. The molecular weight excluding hydrogens is 236 g/mol. The van der Waals surface area contributed by atoms with Gasteiger partial charge in [-0.05, 0) is 11.1 Å². The van der Waals surface area contributed by atoms with Gasteiger partial charge in [-0.15, -0.1) is 0 Å². The number of carbonyl (C=O) groups is 2. The van der Waals surface area contributed by atoms with Gasteiger partial charge in [0.15, 0.2) is 0 Å². The van der Waals surface area contributed by atoms with Gasteiger partial charge in [0.2, 0.25) is 0 Å². The van der Waals surface area contributed by atoms with Crippen LogP contribution in [0.5, 0.6) is 0 Å². The van der Waals surface area contributed by atoms with Gasteiger partial charge in [0, 0.05) is 11.8 Å². The molecule has 0 heterocycles. The van der Waals surface area contributed by atoms with Crippen LogP contribution in [0.4, 0.5) is 0 Å². The van der Waals surface area contributed by atoms with E-state index < -0.39 is 5.92 Å². The second-order valence-electron chi connectivity index (χ2n) is 5.42. The Bertz CT molecular complexity index is 447. The van der Waals surface area contributed by atoms with E-state index in [-0.39, 0.29) is 23.4 Å². The molecule has 1 aromatic carbocycles. The van der Waals surface area contributed by atoms with Crippen molar-refractivity contribution in [2.24, 2.45) is 11.8 Å². The van der Waals surface area contributed by atoms with Crippen LogP contribution in [-0.2, 0) is 9.59 Å². The SMILES string of the molecule is C=Cc1ccc(C(C(=O)C(C)C)C(=O)C(C)C)cc1. The number of carbonyl (C=O) groups excluding carboxylic acids is 2. The summed E-state index contributed by atoms with van der Waals surface area (Å²) in [7, 11) is 0. The molecule has 2 nitrogen and oxygen atoms in total. The van der Waals surface area contributed by atoms with Crippen molar-refractivity contribution in [3.8, 4) is 0 Å². The fourth-order valence-corrected chi connectivity index (χ4v) is 1.96. The van der Waals surface area contributed by atoms with Gasteiger partial charge in [0.1, 0.15) is 17.5 Å². The first kappa shape index (κ1) is 15.4. The molecule has 0 aromatic heterocycles. The van der Waals surface area contributed by atoms with Gasteiger partial charge in [0.25, 0.3) is 0 Å². The van der Waals surface area contributed by atoms with Crippen LogP contribution in [0.3, 0.4) is 0 Å². The van der Waals surface area contributed by atoms with Crippen LogP contribution in [0.1, 0.15) is 44.7 Å². The van der Waals surface area contributed by atoms with Crippen molar-refractivity contribution in [3.05, 3.63) is 42.0 Å². The van der Waals surface area contributed by atoms with Gasteiger partial charge in [-0.3, -0.25) is 9.59 Å². The van der Waals surface area contributed by atoms with E-state index in [1.807, 2.05) is 52.0 Å². The maximum absolute atomic E-state index is 12.3. The molecule has 0 aliphatic rings. The monoisotopic (exact) mass is 258 g/mol. The van der Waals surface area contributed by atoms with Crippen molar-refractivity contribution in [3.63, 3.8) is 0 Å². The lowest BCUT2D eigenvalue weighted by molar-refractivity contribution is -0.132. The molecule has 0 saturated carbocycles. The molecule has 0 N–H and O–H groups in total. The maximum atomic E-state index is 12.3. The van der Waals surface area contributed by atoms with E-state index in [1.165, 1.54) is 0 Å². The molecule has 1 rings (SSSR count). The van der Waals surface area contributed by atoms with Crippen molar-refractivity contribution in [1.82, 2.24) is 0 Å². The Labute approximate surface area is 115 Å². The second kappa shape index (κ2) is 6.46. The number of Topliss-reactive ketones (excluding diaryl/α,β-unsaturated/α-hetero) is 2. The van der Waals surface area contributed by atoms with Crippen molar-refractivity contribution in [1.29, 1.82) is 0 Å². The van der Waals surface area contributed by atoms with E-state index in [2.05, 4.69) is 6.58 Å². The lowest BCUT2D eigenvalue weighted by atomic mass is 9.82. The predicted octanol–water partition coefficient (Wildman–Crippen LogP) is 3.86. The second-order valence-corrected chi connectivity index (χ2v) is 5.42. The van der Waals surface area contributed by atoms with Gasteiger partial charge < -0.3 is 0 Å². The van der Waals surface area contributed by atoms with Crippen molar-refractivity contribution in [2.45, 2.75) is 33.6 Å². The summed E-state index contributed by atoms with van der Waals surface area (Å²) < 4.78 is 0. The quantitative estimate of drug-likeness (QED) is 0.726. The smallest absolute Gasteiger partial charge is 0.150 e. The maximum Gasteiger partial charge on any atom is 0.150 e. The minimum atomic E-state index is -0.640. The molecule has 0 aliphatic carbocycles. The predicted molar refractivity (Wildman–Crippen MR) is 79.0 cm³/mol. The van der Waals surface area contributed by atoms with Crippen molar-refractivity contribution < 1.29 is 9.59 Å². The van der Waals surface area contributed by atoms with Gasteiger partial charge in [-0.25, -0.2) is 0 Å². The van der Waals surface area contributed by atoms with Crippen molar-refractivity contribution >= 4 is 17.6 Å². The Hall–Kier alpha value is -1.70. The van der Waals surface area contributed by atoms with Crippen LogP contribution in [0.2, 0.25) is 0 Å². The number of ketones is 2. The number of hydrogen-bond acceptors (Lipinski definition) is 2. The van der Waals surface area contributed by atoms with E-state index in [4.69, 9.17) is 0 Å². The van der Waals surface area contributed by atoms with Crippen LogP contribution >= 0.6 is 0 Å². The molecule has 0 aliphatic heterocycles. The number of hydrogen-bond donors (Lipinski definition) is 0. The highest BCUT2D eigenvalue weighted by molar-refractivity contribution is 6.08. The van der Waals surface area contributed by atoms with Crippen LogP contribution in [-0.4, -0.2) is 11.6 Å². The number of rotatable bonds is 6. The summed E-state index contributed by atoms with van der Waals surface area (Å²) in [5, 5.41) is 0. The zero-order valence-corrected chi connectivity index (χ0v) is 12.1. The van der Waals surface area contributed by atoms with E-state index >= 15 is 0 Å². The minimum Gasteiger partial charge on any atom is -0.298 e. The average Bonchev–Trinajstić information content (AvgIpc) is 2.39. The summed E-state index contributed by atoms with van der Waals surface area (Å²) in [6.45, 7) is 11.0. The minimum absolute atomic E-state index is 0.00921. The standard InChI is InChI=1S/C17H22O2/c1-6-13-7-9-14(10-8-13)15(16(18)11(2)3)17(19)12(4)5/h6-12,15H,1H2,2-5H3. The molecule has 102 valence electrons. The molecule has 0 spiro atoms. The Kier molecular flexibility index (Phi) is 5.22. The summed E-state index contributed by atoms with van der Waals surface area (Å²) in [6, 6.07) is 7.47. The summed E-state index contributed by atoms with van der Waals surface area (Å²) in [5.41, 5.74) is 1.76. The summed E-state index contributed by atoms with van der Waals surface area (Å²) >= 11 is 0. The van der Waals surface area contributed by atoms with E-state index in [9.17, 15) is 9.59 Å². The zero-order chi connectivity index (χ0) is 14.6. The summed E-state index contributed by atoms with van der Waals surface area (Å²) in [5.74, 6) is -0.951. The fourth-order valence-electron chi connectivity index (χ4n) is 1.96. The van der Waals surface area contributed by atoms with Gasteiger partial charge in [-0.1, -0.05) is 64.6 Å². The average molecular weight is 258 g/mol. The molecule has 0 saturated heterocycles. The van der Waals surface area contributed by atoms with E-state index in [1.54, 1.807) is 6.08 Å². The molecular formula is C17H22O2. The Balaban J connectivity index is 3.18. The fraction of sp³-hybridized carbons (Fsp3) is 0.412. The Morgan fingerprint density at radius 2 is 1.37 bits per heavy atom. The highest BCUT2D eigenvalue weighted by Crippen LogP contribution is 2.25. The van der Waals surface area contributed by atoms with E-state index in [0.717, 1.165) is 11.1 Å². The first-order valence-corrected chi connectivity index (χ1v) is 6.68. The van der Waals surface area contributed by atoms with E-state index in [0.29, 0.717) is 0 Å². The third kappa shape index (κ3) is 3.63. The third-order valence-electron chi connectivity index (χ3n) is 3.21. The Morgan fingerprint density at radius 1 is 0.947 bits per heavy atom. The largest absolute Gasteiger partial charge is 0.298 e. The molecule has 1 aromatic rings. The topological polar surface area (TPSA) is 34.1 Å². The van der Waals surface area contributed by atoms with Crippen LogP contribution in [0.15, 0.2) is 30.8 Å². The summed E-state index contributed by atoms with van der Waals surface area (Å²) in [4.78, 5) is 24.6. The molecule has 2 heteroatoms. The first-order chi connectivity index (χ1) is 8.88. The highest BCUT2D eigenvalue weighted by atomic mass is 16.2. The first-order valence-electron chi connectivity index (χ1n) is 6.68. The molecule has 19 heavy (non-hydrogen) atoms. The lowest BCUT2D eigenvalue weighted by Gasteiger charge is -2.19. The van der Waals surface area contributed by atoms with Crippen LogP contribution < -0.4 is 0 Å². The molecule has 0 radical (unpaired) electrons. The summed E-state index contributed by atoms with van der Waals surface area (Å²) in [6.07, 6.45) is 1.74. The normalized spacial score (nSPS) is 11.1. The zero-order valence-electron chi connectivity index (χ0n) is 12.1. The van der Waals surface area contributed by atoms with Gasteiger partial charge in [0.05, 0.1) is 0 Å². The number of benzene rings is 1. The molecule has 0 bridgehead atoms. The molecule has 0 unspecified atom stereocenters. The lowest BCUT2D eigenvalue weighted by Crippen LogP contribution is -2.28. The third-order valence-corrected chi connectivity index (χ3v) is 3.21. The van der Waals surface area contributed by atoms with Crippen LogP contribution in [0.25, 0.3) is 6.08 Å². The Morgan fingerprint density at radius 3 is 1.68 bits per heavy atom. The van der Waals surface area contributed by atoms with Gasteiger partial charge in [-0.2, -0.15) is 0 Å². The highest BCUT2D eigenvalue weighted by Gasteiger charge is 2.31. The molecule has 0 fully saturated rings. The molecule has 0 atom stereocenters. The van der Waals surface area contributed by atoms with Crippen molar-refractivity contribution in [2.75, 3.05) is 0 Å². The van der Waals surface area contributed by atoms with Gasteiger partial charge >= 0.3 is 0 Å².